The van der Waals surface area contributed by atoms with Crippen LogP contribution in [0.5, 0.6) is 0 Å². The lowest BCUT2D eigenvalue weighted by atomic mass is 10.1. The number of aliphatic imine (C=N–C) groups is 1. The number of nitrogens with two attached hydrogens (primary N) is 1. The van der Waals surface area contributed by atoms with E-state index in [1.807, 2.05) is 13.1 Å². The van der Waals surface area contributed by atoms with Gasteiger partial charge in [-0.2, -0.15) is 0 Å². The van der Waals surface area contributed by atoms with Crippen molar-refractivity contribution in [3.8, 4) is 0 Å². The zero-order chi connectivity index (χ0) is 11.4. The molecule has 0 bridgehead atoms. The minimum absolute atomic E-state index is 0. The summed E-state index contributed by atoms with van der Waals surface area (Å²) in [6.07, 6.45) is 5.66. The van der Waals surface area contributed by atoms with E-state index >= 15 is 0 Å². The summed E-state index contributed by atoms with van der Waals surface area (Å²) in [5, 5.41) is 1.08. The van der Waals surface area contributed by atoms with Crippen LogP contribution in [0.15, 0.2) is 11.2 Å². The fourth-order valence-corrected chi connectivity index (χ4v) is 2.58. The molecule has 0 radical (unpaired) electrons. The van der Waals surface area contributed by atoms with Crippen molar-refractivity contribution in [2.45, 2.75) is 32.7 Å². The van der Waals surface area contributed by atoms with E-state index in [4.69, 9.17) is 5.73 Å². The first kappa shape index (κ1) is 14.7. The highest BCUT2D eigenvalue weighted by molar-refractivity contribution is 14.0. The first-order chi connectivity index (χ1) is 7.75. The third-order valence-corrected chi connectivity index (χ3v) is 3.64. The molecule has 17 heavy (non-hydrogen) atoms. The van der Waals surface area contributed by atoms with Crippen LogP contribution in [0.25, 0.3) is 0 Å². The van der Waals surface area contributed by atoms with E-state index in [9.17, 15) is 0 Å². The van der Waals surface area contributed by atoms with Crippen molar-refractivity contribution >= 4 is 41.3 Å². The highest BCUT2D eigenvalue weighted by Gasteiger charge is 2.11. The number of likely N-dealkylation sites (tertiary alicyclic amines) is 1. The summed E-state index contributed by atoms with van der Waals surface area (Å²) in [5.41, 5.74) is 5.96. The number of hydrogen-bond acceptors (Lipinski definition) is 3. The van der Waals surface area contributed by atoms with Crippen LogP contribution < -0.4 is 5.73 Å². The van der Waals surface area contributed by atoms with Gasteiger partial charge in [-0.25, -0.2) is 9.98 Å². The molecule has 0 spiro atoms. The summed E-state index contributed by atoms with van der Waals surface area (Å²) in [6.45, 7) is 4.77. The maximum absolute atomic E-state index is 5.96. The molecule has 1 saturated heterocycles. The van der Waals surface area contributed by atoms with Crippen molar-refractivity contribution < 1.29 is 0 Å². The molecule has 0 aromatic carbocycles. The van der Waals surface area contributed by atoms with Crippen LogP contribution >= 0.6 is 35.3 Å². The lowest BCUT2D eigenvalue weighted by Crippen LogP contribution is -2.40. The third kappa shape index (κ3) is 4.42. The van der Waals surface area contributed by atoms with Gasteiger partial charge < -0.3 is 10.6 Å². The largest absolute Gasteiger partial charge is 0.370 e. The van der Waals surface area contributed by atoms with Gasteiger partial charge in [-0.1, -0.05) is 0 Å². The van der Waals surface area contributed by atoms with Crippen molar-refractivity contribution in [1.29, 1.82) is 0 Å². The van der Waals surface area contributed by atoms with E-state index < -0.39 is 0 Å². The molecule has 2 rings (SSSR count). The van der Waals surface area contributed by atoms with E-state index in [1.54, 1.807) is 11.3 Å². The maximum atomic E-state index is 5.96. The van der Waals surface area contributed by atoms with Crippen LogP contribution in [0, 0.1) is 6.92 Å². The minimum atomic E-state index is 0. The topological polar surface area (TPSA) is 54.5 Å². The van der Waals surface area contributed by atoms with Crippen LogP contribution in [0.3, 0.4) is 0 Å². The number of piperidine rings is 1. The second-order valence-electron chi connectivity index (χ2n) is 4.07. The van der Waals surface area contributed by atoms with E-state index in [1.165, 1.54) is 24.1 Å². The molecule has 2 heterocycles. The number of guanidine groups is 1. The predicted octanol–water partition coefficient (Wildman–Crippen LogP) is 2.37. The molecular formula is C11H19IN4S. The van der Waals surface area contributed by atoms with Crippen molar-refractivity contribution in [3.63, 3.8) is 0 Å². The number of aryl methyl sites for hydroxylation is 1. The average Bonchev–Trinajstić information content (AvgIpc) is 2.73. The molecule has 96 valence electrons. The molecule has 1 fully saturated rings. The first-order valence-electron chi connectivity index (χ1n) is 5.72. The number of thiazole rings is 1. The van der Waals surface area contributed by atoms with Gasteiger partial charge in [0.15, 0.2) is 5.96 Å². The Labute approximate surface area is 123 Å². The quantitative estimate of drug-likeness (QED) is 0.497. The summed E-state index contributed by atoms with van der Waals surface area (Å²) >= 11 is 1.68. The standard InChI is InChI=1S/C11H18N4S.HI/c1-9-13-7-10(16-9)8-14-11(12)15-5-3-2-4-6-15;/h7H,2-6,8H2,1H3,(H2,12,14);1H. The van der Waals surface area contributed by atoms with Gasteiger partial charge in [0.25, 0.3) is 0 Å². The Morgan fingerprint density at radius 3 is 2.76 bits per heavy atom. The molecule has 4 nitrogen and oxygen atoms in total. The number of rotatable bonds is 2. The molecule has 6 heteroatoms. The summed E-state index contributed by atoms with van der Waals surface area (Å²) in [4.78, 5) is 12.0. The number of halogens is 1. The zero-order valence-corrected chi connectivity index (χ0v) is 13.2. The molecule has 0 aliphatic carbocycles. The van der Waals surface area contributed by atoms with E-state index in [0.29, 0.717) is 12.5 Å². The lowest BCUT2D eigenvalue weighted by Gasteiger charge is -2.27. The maximum Gasteiger partial charge on any atom is 0.191 e. The summed E-state index contributed by atoms with van der Waals surface area (Å²) in [7, 11) is 0. The van der Waals surface area contributed by atoms with Crippen LogP contribution in [0.4, 0.5) is 0 Å². The van der Waals surface area contributed by atoms with Crippen LogP contribution in [-0.2, 0) is 6.54 Å². The smallest absolute Gasteiger partial charge is 0.191 e. The Balaban J connectivity index is 0.00000144. The molecule has 1 aromatic heterocycles. The molecular weight excluding hydrogens is 347 g/mol. The Morgan fingerprint density at radius 1 is 1.47 bits per heavy atom. The van der Waals surface area contributed by atoms with Gasteiger partial charge in [-0.3, -0.25) is 0 Å². The van der Waals surface area contributed by atoms with Crippen LogP contribution in [0.1, 0.15) is 29.1 Å². The van der Waals surface area contributed by atoms with Crippen molar-refractivity contribution in [3.05, 3.63) is 16.1 Å². The Morgan fingerprint density at radius 2 is 2.18 bits per heavy atom. The Hall–Kier alpha value is -0.370. The van der Waals surface area contributed by atoms with Crippen molar-refractivity contribution in [2.24, 2.45) is 10.7 Å². The molecule has 0 amide bonds. The van der Waals surface area contributed by atoms with Crippen LogP contribution in [-0.4, -0.2) is 28.9 Å². The van der Waals surface area contributed by atoms with Gasteiger partial charge in [-0.05, 0) is 26.2 Å². The van der Waals surface area contributed by atoms with Gasteiger partial charge in [0.1, 0.15) is 0 Å². The number of aromatic nitrogens is 1. The van der Waals surface area contributed by atoms with Gasteiger partial charge in [-0.15, -0.1) is 35.3 Å². The highest BCUT2D eigenvalue weighted by Crippen LogP contribution is 2.13. The molecule has 2 N–H and O–H groups in total. The molecule has 1 aliphatic heterocycles. The van der Waals surface area contributed by atoms with Crippen molar-refractivity contribution in [1.82, 2.24) is 9.88 Å². The van der Waals surface area contributed by atoms with Gasteiger partial charge in [0.05, 0.1) is 11.6 Å². The number of hydrogen-bond donors (Lipinski definition) is 1. The summed E-state index contributed by atoms with van der Waals surface area (Å²) in [5.74, 6) is 0.686. The molecule has 0 atom stereocenters. The zero-order valence-electron chi connectivity index (χ0n) is 10.1. The minimum Gasteiger partial charge on any atom is -0.370 e. The summed E-state index contributed by atoms with van der Waals surface area (Å²) in [6, 6.07) is 0. The second kappa shape index (κ2) is 7.15. The van der Waals surface area contributed by atoms with Gasteiger partial charge in [0.2, 0.25) is 0 Å². The normalized spacial score (nSPS) is 16.8. The second-order valence-corrected chi connectivity index (χ2v) is 5.39. The highest BCUT2D eigenvalue weighted by atomic mass is 127. The monoisotopic (exact) mass is 366 g/mol. The fourth-order valence-electron chi connectivity index (χ4n) is 1.86. The number of nitrogens with zero attached hydrogens (tertiary/aromatic N) is 3. The predicted molar refractivity (Wildman–Crippen MR) is 83.0 cm³/mol. The molecule has 0 saturated carbocycles. The molecule has 1 aromatic rings. The molecule has 0 unspecified atom stereocenters. The van der Waals surface area contributed by atoms with E-state index in [2.05, 4.69) is 14.9 Å². The van der Waals surface area contributed by atoms with Crippen LogP contribution in [0.2, 0.25) is 0 Å². The van der Waals surface area contributed by atoms with Gasteiger partial charge >= 0.3 is 0 Å². The fraction of sp³-hybridized carbons (Fsp3) is 0.636. The SMILES string of the molecule is Cc1ncc(CN=C(N)N2CCCCC2)s1.I. The first-order valence-corrected chi connectivity index (χ1v) is 6.53. The Bertz CT molecular complexity index is 371. The van der Waals surface area contributed by atoms with Gasteiger partial charge in [0, 0.05) is 24.2 Å². The van der Waals surface area contributed by atoms with Crippen molar-refractivity contribution in [2.75, 3.05) is 13.1 Å². The lowest BCUT2D eigenvalue weighted by molar-refractivity contribution is 0.338. The van der Waals surface area contributed by atoms with E-state index in [-0.39, 0.29) is 24.0 Å². The third-order valence-electron chi connectivity index (χ3n) is 2.75. The average molecular weight is 366 g/mol. The van der Waals surface area contributed by atoms with E-state index in [0.717, 1.165) is 18.1 Å². The Kier molecular flexibility index (Phi) is 6.18. The molecule has 1 aliphatic rings. The summed E-state index contributed by atoms with van der Waals surface area (Å²) < 4.78 is 0.